The summed E-state index contributed by atoms with van der Waals surface area (Å²) in [5, 5.41) is 8.68. The number of hydrogen-bond donors (Lipinski definition) is 0. The highest BCUT2D eigenvalue weighted by Crippen LogP contribution is 2.51. The van der Waals surface area contributed by atoms with Crippen molar-refractivity contribution in [3.8, 4) is 6.07 Å². The van der Waals surface area contributed by atoms with Crippen molar-refractivity contribution in [1.29, 1.82) is 5.26 Å². The Labute approximate surface area is 164 Å². The maximum atomic E-state index is 12.2. The van der Waals surface area contributed by atoms with Crippen molar-refractivity contribution < 1.29 is 27.2 Å². The zero-order chi connectivity index (χ0) is 20.5. The Bertz CT molecular complexity index is 552. The van der Waals surface area contributed by atoms with Crippen LogP contribution in [0, 0.1) is 11.3 Å². The van der Waals surface area contributed by atoms with Crippen LogP contribution < -0.4 is 0 Å². The minimum absolute atomic E-state index is 0.236. The summed E-state index contributed by atoms with van der Waals surface area (Å²) in [6, 6.07) is 8.95. The van der Waals surface area contributed by atoms with E-state index in [1.165, 1.54) is 0 Å². The first-order valence-electron chi connectivity index (χ1n) is 9.04. The third kappa shape index (κ3) is 12.3. The van der Waals surface area contributed by atoms with Crippen LogP contribution in [0.1, 0.15) is 45.7 Å². The summed E-state index contributed by atoms with van der Waals surface area (Å²) in [6.07, 6.45) is 0.236. The van der Waals surface area contributed by atoms with Crippen LogP contribution in [-0.4, -0.2) is 33.0 Å². The molecular formula is C18H31NO6P2. The molecule has 0 aliphatic heterocycles. The lowest BCUT2D eigenvalue weighted by molar-refractivity contribution is 0.176. The van der Waals surface area contributed by atoms with Crippen molar-refractivity contribution in [1.82, 2.24) is 0 Å². The van der Waals surface area contributed by atoms with Crippen molar-refractivity contribution in [3.63, 3.8) is 0 Å². The van der Waals surface area contributed by atoms with Gasteiger partial charge in [-0.25, -0.2) is 0 Å². The zero-order valence-corrected chi connectivity index (χ0v) is 18.6. The van der Waals surface area contributed by atoms with Crippen molar-refractivity contribution in [2.24, 2.45) is 0 Å². The largest absolute Gasteiger partial charge is 0.335 e. The molecule has 1 rings (SSSR count). The van der Waals surface area contributed by atoms with Gasteiger partial charge in [-0.1, -0.05) is 12.1 Å². The van der Waals surface area contributed by atoms with Gasteiger partial charge in [0.15, 0.2) is 0 Å². The number of rotatable bonds is 12. The zero-order valence-electron chi connectivity index (χ0n) is 16.8. The smallest absolute Gasteiger partial charge is 0.313 e. The lowest BCUT2D eigenvalue weighted by Crippen LogP contribution is -1.99. The normalized spacial score (nSPS) is 11.0. The summed E-state index contributed by atoms with van der Waals surface area (Å²) < 4.78 is 38.1. The topological polar surface area (TPSA) is 87.0 Å². The minimum Gasteiger partial charge on any atom is -0.313 e. The summed E-state index contributed by atoms with van der Waals surface area (Å²) in [6.45, 7) is 12.0. The predicted octanol–water partition coefficient (Wildman–Crippen LogP) is 5.65. The SMILES string of the molecule is CCOP(=O)(Cc1ccc(C#N)cc1)OCC.CCOP(OCC)OCC. The molecule has 1 aromatic carbocycles. The molecule has 0 atom stereocenters. The Balaban J connectivity index is 0.000000580. The van der Waals surface area contributed by atoms with E-state index in [0.717, 1.165) is 5.56 Å². The molecule has 0 fully saturated rings. The molecule has 7 nitrogen and oxygen atoms in total. The maximum absolute atomic E-state index is 12.2. The second-order valence-corrected chi connectivity index (χ2v) is 8.17. The van der Waals surface area contributed by atoms with Crippen molar-refractivity contribution >= 4 is 16.2 Å². The van der Waals surface area contributed by atoms with Gasteiger partial charge >= 0.3 is 16.2 Å². The van der Waals surface area contributed by atoms with Gasteiger partial charge in [0, 0.05) is 0 Å². The molecule has 0 spiro atoms. The highest BCUT2D eigenvalue weighted by Gasteiger charge is 2.23. The molecule has 0 amide bonds. The quantitative estimate of drug-likeness (QED) is 0.405. The second-order valence-electron chi connectivity index (χ2n) is 4.89. The maximum Gasteiger partial charge on any atom is 0.335 e. The standard InChI is InChI=1S/C12H16NO3P.C6H15O3P/c1-3-15-17(14,16-4-2)10-12-7-5-11(9-13)6-8-12;1-4-7-10(8-5-2)9-6-3/h5-8H,3-4,10H2,1-2H3;4-6H2,1-3H3. The van der Waals surface area contributed by atoms with Crippen molar-refractivity contribution in [2.75, 3.05) is 33.0 Å². The van der Waals surface area contributed by atoms with Crippen LogP contribution in [0.4, 0.5) is 0 Å². The van der Waals surface area contributed by atoms with Gasteiger partial charge in [-0.3, -0.25) is 4.57 Å². The van der Waals surface area contributed by atoms with Crippen LogP contribution in [0.3, 0.4) is 0 Å². The molecule has 0 aliphatic carbocycles. The average Bonchev–Trinajstić information content (AvgIpc) is 2.64. The van der Waals surface area contributed by atoms with Crippen LogP contribution in [0.5, 0.6) is 0 Å². The van der Waals surface area contributed by atoms with Gasteiger partial charge in [-0.05, 0) is 52.3 Å². The van der Waals surface area contributed by atoms with Crippen LogP contribution in [0.15, 0.2) is 24.3 Å². The summed E-state index contributed by atoms with van der Waals surface area (Å²) in [5.74, 6) is 0. The second kappa shape index (κ2) is 16.2. The van der Waals surface area contributed by atoms with E-state index < -0.39 is 16.2 Å². The summed E-state index contributed by atoms with van der Waals surface area (Å²) in [4.78, 5) is 0. The van der Waals surface area contributed by atoms with Crippen LogP contribution >= 0.6 is 16.2 Å². The Morgan fingerprint density at radius 2 is 1.30 bits per heavy atom. The summed E-state index contributed by atoms with van der Waals surface area (Å²) in [7, 11) is -4.11. The molecule has 0 saturated heterocycles. The van der Waals surface area contributed by atoms with Gasteiger partial charge in [0.1, 0.15) is 0 Å². The molecule has 0 saturated carbocycles. The lowest BCUT2D eigenvalue weighted by atomic mass is 10.2. The molecule has 0 aliphatic rings. The monoisotopic (exact) mass is 419 g/mol. The van der Waals surface area contributed by atoms with E-state index in [9.17, 15) is 4.57 Å². The van der Waals surface area contributed by atoms with E-state index in [4.69, 9.17) is 27.9 Å². The van der Waals surface area contributed by atoms with Gasteiger partial charge in [0.25, 0.3) is 0 Å². The van der Waals surface area contributed by atoms with Crippen LogP contribution in [0.25, 0.3) is 0 Å². The van der Waals surface area contributed by atoms with Gasteiger partial charge in [-0.2, -0.15) is 5.26 Å². The first-order chi connectivity index (χ1) is 13.0. The molecule has 27 heavy (non-hydrogen) atoms. The molecule has 0 unspecified atom stereocenters. The molecule has 0 bridgehead atoms. The molecule has 154 valence electrons. The molecule has 0 radical (unpaired) electrons. The van der Waals surface area contributed by atoms with Gasteiger partial charge < -0.3 is 22.6 Å². The van der Waals surface area contributed by atoms with Gasteiger partial charge in [0.05, 0.1) is 50.8 Å². The average molecular weight is 419 g/mol. The Kier molecular flexibility index (Phi) is 15.7. The van der Waals surface area contributed by atoms with Crippen LogP contribution in [-0.2, 0) is 33.3 Å². The van der Waals surface area contributed by atoms with E-state index in [1.54, 1.807) is 38.1 Å². The van der Waals surface area contributed by atoms with E-state index in [2.05, 4.69) is 0 Å². The minimum atomic E-state index is -3.05. The molecular weight excluding hydrogens is 388 g/mol. The van der Waals surface area contributed by atoms with E-state index in [-0.39, 0.29) is 6.16 Å². The van der Waals surface area contributed by atoms with E-state index >= 15 is 0 Å². The Hall–Kier alpha value is -0.830. The summed E-state index contributed by atoms with van der Waals surface area (Å²) in [5.41, 5.74) is 1.42. The fourth-order valence-corrected chi connectivity index (χ4v) is 4.42. The fraction of sp³-hybridized carbons (Fsp3) is 0.611. The van der Waals surface area contributed by atoms with E-state index in [1.807, 2.05) is 26.8 Å². The number of benzene rings is 1. The van der Waals surface area contributed by atoms with Gasteiger partial charge in [0.2, 0.25) is 0 Å². The third-order valence-electron chi connectivity index (χ3n) is 2.81. The first kappa shape index (κ1) is 26.2. The van der Waals surface area contributed by atoms with Gasteiger partial charge in [-0.15, -0.1) is 0 Å². The summed E-state index contributed by atoms with van der Waals surface area (Å²) >= 11 is 0. The highest BCUT2D eigenvalue weighted by atomic mass is 31.2. The molecule has 9 heteroatoms. The Morgan fingerprint density at radius 3 is 1.63 bits per heavy atom. The number of nitrogens with zero attached hydrogens (tertiary/aromatic N) is 1. The molecule has 0 N–H and O–H groups in total. The lowest BCUT2D eigenvalue weighted by Gasteiger charge is -2.16. The van der Waals surface area contributed by atoms with Crippen molar-refractivity contribution in [3.05, 3.63) is 35.4 Å². The molecule has 0 heterocycles. The number of hydrogen-bond acceptors (Lipinski definition) is 7. The number of nitriles is 1. The fourth-order valence-electron chi connectivity index (χ4n) is 1.86. The molecule has 0 aromatic heterocycles. The van der Waals surface area contributed by atoms with E-state index in [0.29, 0.717) is 38.6 Å². The Morgan fingerprint density at radius 1 is 0.852 bits per heavy atom. The van der Waals surface area contributed by atoms with Crippen LogP contribution in [0.2, 0.25) is 0 Å². The van der Waals surface area contributed by atoms with Crippen molar-refractivity contribution in [2.45, 2.75) is 40.8 Å². The third-order valence-corrected chi connectivity index (χ3v) is 6.28. The molecule has 1 aromatic rings. The highest BCUT2D eigenvalue weighted by molar-refractivity contribution is 7.53. The predicted molar refractivity (Wildman–Crippen MR) is 108 cm³/mol. The first-order valence-corrected chi connectivity index (χ1v) is 11.9.